The number of anilines is 1. The average molecular weight is 312 g/mol. The van der Waals surface area contributed by atoms with Crippen LogP contribution in [0.4, 0.5) is 5.69 Å². The van der Waals surface area contributed by atoms with E-state index in [-0.39, 0.29) is 24.9 Å². The molecule has 0 radical (unpaired) electrons. The van der Waals surface area contributed by atoms with Crippen LogP contribution in [-0.4, -0.2) is 33.2 Å². The number of carbonyl (C=O) groups is 1. The van der Waals surface area contributed by atoms with Crippen LogP contribution in [0.25, 0.3) is 0 Å². The maximum atomic E-state index is 12.0. The van der Waals surface area contributed by atoms with Crippen molar-refractivity contribution in [2.45, 2.75) is 40.2 Å². The molecule has 0 heterocycles. The van der Waals surface area contributed by atoms with Gasteiger partial charge in [-0.3, -0.25) is 9.10 Å². The van der Waals surface area contributed by atoms with Crippen LogP contribution in [0.5, 0.6) is 0 Å². The number of aryl methyl sites for hydroxylation is 2. The van der Waals surface area contributed by atoms with Gasteiger partial charge >= 0.3 is 0 Å². The number of hydrogen-bond donors (Lipinski definition) is 1. The molecule has 0 unspecified atom stereocenters. The van der Waals surface area contributed by atoms with Crippen molar-refractivity contribution in [3.63, 3.8) is 0 Å². The molecule has 1 amide bonds. The number of nitrogens with zero attached hydrogens (tertiary/aromatic N) is 1. The molecule has 1 rings (SSSR count). The molecular formula is C15H24N2O3S. The lowest BCUT2D eigenvalue weighted by atomic mass is 10.1. The monoisotopic (exact) mass is 312 g/mol. The molecule has 5 nitrogen and oxygen atoms in total. The van der Waals surface area contributed by atoms with Gasteiger partial charge in [0.1, 0.15) is 0 Å². The molecule has 1 aromatic carbocycles. The molecule has 6 heteroatoms. The average Bonchev–Trinajstić information content (AvgIpc) is 2.31. The Labute approximate surface area is 127 Å². The number of hydrogen-bond acceptors (Lipinski definition) is 3. The largest absolute Gasteiger partial charge is 0.354 e. The zero-order valence-corrected chi connectivity index (χ0v) is 14.1. The fourth-order valence-electron chi connectivity index (χ4n) is 2.05. The van der Waals surface area contributed by atoms with E-state index in [2.05, 4.69) is 5.32 Å². The summed E-state index contributed by atoms with van der Waals surface area (Å²) < 4.78 is 25.3. The summed E-state index contributed by atoms with van der Waals surface area (Å²) in [6.07, 6.45) is 1.30. The molecule has 21 heavy (non-hydrogen) atoms. The van der Waals surface area contributed by atoms with Gasteiger partial charge in [-0.25, -0.2) is 8.42 Å². The first kappa shape index (κ1) is 17.5. The predicted molar refractivity (Wildman–Crippen MR) is 86.0 cm³/mol. The zero-order chi connectivity index (χ0) is 16.2. The number of benzene rings is 1. The summed E-state index contributed by atoms with van der Waals surface area (Å²) in [6, 6.07) is 5.70. The highest BCUT2D eigenvalue weighted by Gasteiger charge is 2.20. The summed E-state index contributed by atoms with van der Waals surface area (Å²) in [5, 5.41) is 2.77. The van der Waals surface area contributed by atoms with Crippen LogP contribution in [0, 0.1) is 13.8 Å². The Morgan fingerprint density at radius 3 is 2.43 bits per heavy atom. The molecule has 0 aliphatic carbocycles. The highest BCUT2D eigenvalue weighted by molar-refractivity contribution is 7.92. The van der Waals surface area contributed by atoms with E-state index in [1.807, 2.05) is 45.9 Å². The minimum atomic E-state index is -3.43. The topological polar surface area (TPSA) is 66.5 Å². The van der Waals surface area contributed by atoms with E-state index in [4.69, 9.17) is 0 Å². The number of nitrogens with one attached hydrogen (secondary N) is 1. The van der Waals surface area contributed by atoms with E-state index >= 15 is 0 Å². The lowest BCUT2D eigenvalue weighted by Crippen LogP contribution is -2.36. The first-order valence-corrected chi connectivity index (χ1v) is 8.80. The van der Waals surface area contributed by atoms with Crippen LogP contribution in [-0.2, 0) is 14.8 Å². The number of rotatable bonds is 6. The van der Waals surface area contributed by atoms with E-state index in [1.54, 1.807) is 0 Å². The summed E-state index contributed by atoms with van der Waals surface area (Å²) in [5.41, 5.74) is 2.49. The molecule has 0 bridgehead atoms. The standard InChI is InChI=1S/C15H24N2O3S/c1-11(2)16-15(18)8-9-17(21(5,19)20)14-10-12(3)6-7-13(14)4/h6-7,10-11H,8-9H2,1-5H3,(H,16,18). The van der Waals surface area contributed by atoms with Crippen molar-refractivity contribution < 1.29 is 13.2 Å². The second kappa shape index (κ2) is 6.93. The number of amides is 1. The summed E-state index contributed by atoms with van der Waals surface area (Å²) >= 11 is 0. The fraction of sp³-hybridized carbons (Fsp3) is 0.533. The smallest absolute Gasteiger partial charge is 0.232 e. The van der Waals surface area contributed by atoms with Crippen LogP contribution in [0.15, 0.2) is 18.2 Å². The first-order valence-electron chi connectivity index (χ1n) is 6.95. The second-order valence-corrected chi connectivity index (χ2v) is 7.50. The SMILES string of the molecule is Cc1ccc(C)c(N(CCC(=O)NC(C)C)S(C)(=O)=O)c1. The summed E-state index contributed by atoms with van der Waals surface area (Å²) in [6.45, 7) is 7.66. The van der Waals surface area contributed by atoms with Gasteiger partial charge in [-0.2, -0.15) is 0 Å². The molecule has 0 saturated heterocycles. The molecule has 0 fully saturated rings. The molecule has 0 aromatic heterocycles. The zero-order valence-electron chi connectivity index (χ0n) is 13.3. The van der Waals surface area contributed by atoms with Gasteiger partial charge in [0.2, 0.25) is 15.9 Å². The van der Waals surface area contributed by atoms with Crippen molar-refractivity contribution in [1.82, 2.24) is 5.32 Å². The lowest BCUT2D eigenvalue weighted by molar-refractivity contribution is -0.121. The second-order valence-electron chi connectivity index (χ2n) is 5.60. The highest BCUT2D eigenvalue weighted by Crippen LogP contribution is 2.24. The van der Waals surface area contributed by atoms with Crippen LogP contribution in [0.2, 0.25) is 0 Å². The van der Waals surface area contributed by atoms with E-state index in [9.17, 15) is 13.2 Å². The summed E-state index contributed by atoms with van der Waals surface area (Å²) in [5.74, 6) is -0.149. The third-order valence-electron chi connectivity index (χ3n) is 3.03. The Balaban J connectivity index is 2.98. The molecule has 0 aliphatic heterocycles. The molecule has 1 aromatic rings. The fourth-order valence-corrected chi connectivity index (χ4v) is 3.03. The van der Waals surface area contributed by atoms with Gasteiger partial charge in [0, 0.05) is 19.0 Å². The quantitative estimate of drug-likeness (QED) is 0.873. The third kappa shape index (κ3) is 5.38. The summed E-state index contributed by atoms with van der Waals surface area (Å²) in [7, 11) is -3.43. The molecule has 1 N–H and O–H groups in total. The molecule has 0 atom stereocenters. The molecule has 0 aliphatic rings. The van der Waals surface area contributed by atoms with Crippen molar-refractivity contribution in [3.8, 4) is 0 Å². The lowest BCUT2D eigenvalue weighted by Gasteiger charge is -2.24. The van der Waals surface area contributed by atoms with Crippen molar-refractivity contribution >= 4 is 21.6 Å². The predicted octanol–water partition coefficient (Wildman–Crippen LogP) is 1.98. The third-order valence-corrected chi connectivity index (χ3v) is 4.21. The highest BCUT2D eigenvalue weighted by atomic mass is 32.2. The molecule has 0 saturated carbocycles. The van der Waals surface area contributed by atoms with Gasteiger partial charge in [0.25, 0.3) is 0 Å². The van der Waals surface area contributed by atoms with Crippen molar-refractivity contribution in [2.24, 2.45) is 0 Å². The van der Waals surface area contributed by atoms with Crippen LogP contribution >= 0.6 is 0 Å². The van der Waals surface area contributed by atoms with Crippen LogP contribution in [0.3, 0.4) is 0 Å². The molecule has 118 valence electrons. The maximum Gasteiger partial charge on any atom is 0.232 e. The maximum absolute atomic E-state index is 12.0. The van der Waals surface area contributed by atoms with Gasteiger partial charge in [-0.1, -0.05) is 12.1 Å². The Morgan fingerprint density at radius 2 is 1.90 bits per heavy atom. The molecular weight excluding hydrogens is 288 g/mol. The molecule has 0 spiro atoms. The van der Waals surface area contributed by atoms with Crippen molar-refractivity contribution in [1.29, 1.82) is 0 Å². The van der Waals surface area contributed by atoms with E-state index in [0.29, 0.717) is 5.69 Å². The minimum Gasteiger partial charge on any atom is -0.354 e. The Morgan fingerprint density at radius 1 is 1.29 bits per heavy atom. The minimum absolute atomic E-state index is 0.0462. The Kier molecular flexibility index (Phi) is 5.78. The first-order chi connectivity index (χ1) is 9.61. The summed E-state index contributed by atoms with van der Waals surface area (Å²) in [4.78, 5) is 11.7. The number of sulfonamides is 1. The van der Waals surface area contributed by atoms with Gasteiger partial charge < -0.3 is 5.32 Å². The van der Waals surface area contributed by atoms with Gasteiger partial charge in [0.15, 0.2) is 0 Å². The van der Waals surface area contributed by atoms with Crippen LogP contribution < -0.4 is 9.62 Å². The van der Waals surface area contributed by atoms with E-state index in [0.717, 1.165) is 17.4 Å². The van der Waals surface area contributed by atoms with Crippen molar-refractivity contribution in [3.05, 3.63) is 29.3 Å². The Hall–Kier alpha value is -1.56. The van der Waals surface area contributed by atoms with Gasteiger partial charge in [-0.05, 0) is 44.9 Å². The van der Waals surface area contributed by atoms with Crippen molar-refractivity contribution in [2.75, 3.05) is 17.1 Å². The normalized spacial score (nSPS) is 11.5. The van der Waals surface area contributed by atoms with E-state index in [1.165, 1.54) is 4.31 Å². The van der Waals surface area contributed by atoms with Crippen LogP contribution in [0.1, 0.15) is 31.4 Å². The number of carbonyl (C=O) groups excluding carboxylic acids is 1. The van der Waals surface area contributed by atoms with Gasteiger partial charge in [-0.15, -0.1) is 0 Å². The van der Waals surface area contributed by atoms with E-state index < -0.39 is 10.0 Å². The van der Waals surface area contributed by atoms with Gasteiger partial charge in [0.05, 0.1) is 11.9 Å². The Bertz CT molecular complexity index is 609.